The Bertz CT molecular complexity index is 405. The van der Waals surface area contributed by atoms with Gasteiger partial charge in [-0.3, -0.25) is 4.79 Å². The van der Waals surface area contributed by atoms with Gasteiger partial charge in [-0.15, -0.1) is 0 Å². The maximum Gasteiger partial charge on any atom is 0.258 e. The van der Waals surface area contributed by atoms with Crippen LogP contribution in [0.1, 0.15) is 12.8 Å². The van der Waals surface area contributed by atoms with Gasteiger partial charge in [-0.2, -0.15) is 0 Å². The van der Waals surface area contributed by atoms with Gasteiger partial charge in [0.1, 0.15) is 11.6 Å². The van der Waals surface area contributed by atoms with Crippen molar-refractivity contribution < 1.29 is 13.9 Å². The third-order valence-electron chi connectivity index (χ3n) is 2.28. The zero-order chi connectivity index (χ0) is 11.5. The number of amides is 1. The molecular weight excluding hydrogens is 211 g/mol. The number of rotatable bonds is 4. The quantitative estimate of drug-likeness (QED) is 0.752. The number of hydrogen-bond donors (Lipinski definition) is 2. The number of nitrogen functional groups attached to an aromatic ring is 1. The third-order valence-corrected chi connectivity index (χ3v) is 2.28. The molecule has 0 unspecified atom stereocenters. The normalized spacial score (nSPS) is 14.6. The Morgan fingerprint density at radius 3 is 2.94 bits per heavy atom. The van der Waals surface area contributed by atoms with E-state index in [1.54, 1.807) is 0 Å². The van der Waals surface area contributed by atoms with Crippen molar-refractivity contribution in [3.05, 3.63) is 24.0 Å². The van der Waals surface area contributed by atoms with Gasteiger partial charge in [0.25, 0.3) is 5.91 Å². The van der Waals surface area contributed by atoms with E-state index in [9.17, 15) is 9.18 Å². The Kier molecular flexibility index (Phi) is 2.94. The van der Waals surface area contributed by atoms with Crippen molar-refractivity contribution in [3.8, 4) is 5.75 Å². The fourth-order valence-electron chi connectivity index (χ4n) is 1.24. The molecule has 0 radical (unpaired) electrons. The lowest BCUT2D eigenvalue weighted by Gasteiger charge is -2.07. The van der Waals surface area contributed by atoms with Crippen molar-refractivity contribution in [2.24, 2.45) is 0 Å². The molecule has 1 aromatic carbocycles. The van der Waals surface area contributed by atoms with Crippen LogP contribution in [0, 0.1) is 5.82 Å². The first kappa shape index (κ1) is 10.7. The maximum atomic E-state index is 13.0. The molecular formula is C11H13FN2O2. The maximum absolute atomic E-state index is 13.0. The number of benzene rings is 1. The summed E-state index contributed by atoms with van der Waals surface area (Å²) in [7, 11) is 0. The van der Waals surface area contributed by atoms with Crippen LogP contribution >= 0.6 is 0 Å². The van der Waals surface area contributed by atoms with Crippen LogP contribution in [-0.2, 0) is 4.79 Å². The average molecular weight is 224 g/mol. The lowest BCUT2D eigenvalue weighted by molar-refractivity contribution is -0.123. The predicted molar refractivity (Wildman–Crippen MR) is 57.5 cm³/mol. The molecule has 0 atom stereocenters. The van der Waals surface area contributed by atoms with E-state index < -0.39 is 5.82 Å². The Hall–Kier alpha value is -1.78. The molecule has 86 valence electrons. The van der Waals surface area contributed by atoms with Crippen LogP contribution < -0.4 is 15.8 Å². The molecule has 0 bridgehead atoms. The van der Waals surface area contributed by atoms with Gasteiger partial charge in [-0.1, -0.05) is 0 Å². The highest BCUT2D eigenvalue weighted by molar-refractivity contribution is 5.78. The molecule has 1 aliphatic carbocycles. The number of carbonyl (C=O) groups is 1. The Morgan fingerprint density at radius 1 is 1.56 bits per heavy atom. The molecule has 0 heterocycles. The molecule has 16 heavy (non-hydrogen) atoms. The molecule has 1 fully saturated rings. The molecule has 0 aliphatic heterocycles. The molecule has 1 saturated carbocycles. The molecule has 1 amide bonds. The number of carbonyl (C=O) groups excluding carboxylic acids is 1. The molecule has 2 rings (SSSR count). The Morgan fingerprint density at radius 2 is 2.31 bits per heavy atom. The zero-order valence-electron chi connectivity index (χ0n) is 8.70. The standard InChI is InChI=1S/C11H13FN2O2/c12-9-5-8(3-4-10(9)13)16-6-11(15)14-7-1-2-7/h3-5,7H,1-2,6,13H2,(H,14,15). The molecule has 1 aliphatic rings. The van der Waals surface area contributed by atoms with E-state index in [0.29, 0.717) is 11.8 Å². The number of nitrogens with one attached hydrogen (secondary N) is 1. The van der Waals surface area contributed by atoms with Gasteiger partial charge in [0.15, 0.2) is 6.61 Å². The average Bonchev–Trinajstić information content (AvgIpc) is 3.04. The van der Waals surface area contributed by atoms with Crippen molar-refractivity contribution in [2.45, 2.75) is 18.9 Å². The van der Waals surface area contributed by atoms with Crippen LogP contribution in [0.3, 0.4) is 0 Å². The van der Waals surface area contributed by atoms with E-state index in [4.69, 9.17) is 10.5 Å². The number of nitrogens with two attached hydrogens (primary N) is 1. The highest BCUT2D eigenvalue weighted by Gasteiger charge is 2.23. The van der Waals surface area contributed by atoms with Gasteiger partial charge in [-0.25, -0.2) is 4.39 Å². The number of halogens is 1. The lowest BCUT2D eigenvalue weighted by Crippen LogP contribution is -2.30. The minimum atomic E-state index is -0.542. The van der Waals surface area contributed by atoms with Crippen molar-refractivity contribution in [1.82, 2.24) is 5.32 Å². The van der Waals surface area contributed by atoms with Crippen molar-refractivity contribution in [1.29, 1.82) is 0 Å². The summed E-state index contributed by atoms with van der Waals surface area (Å²) < 4.78 is 18.1. The van der Waals surface area contributed by atoms with Gasteiger partial charge < -0.3 is 15.8 Å². The highest BCUT2D eigenvalue weighted by atomic mass is 19.1. The summed E-state index contributed by atoms with van der Waals surface area (Å²) in [6, 6.07) is 4.41. The molecule has 0 spiro atoms. The fourth-order valence-corrected chi connectivity index (χ4v) is 1.24. The molecule has 1 aromatic rings. The van der Waals surface area contributed by atoms with Crippen LogP contribution in [-0.4, -0.2) is 18.6 Å². The minimum absolute atomic E-state index is 0.0646. The molecule has 4 nitrogen and oxygen atoms in total. The first-order chi connectivity index (χ1) is 7.65. The predicted octanol–water partition coefficient (Wildman–Crippen LogP) is 1.07. The van der Waals surface area contributed by atoms with Gasteiger partial charge in [-0.05, 0) is 25.0 Å². The van der Waals surface area contributed by atoms with Crippen LogP contribution in [0.5, 0.6) is 5.75 Å². The van der Waals surface area contributed by atoms with Crippen LogP contribution in [0.2, 0.25) is 0 Å². The summed E-state index contributed by atoms with van der Waals surface area (Å²) >= 11 is 0. The van der Waals surface area contributed by atoms with Crippen LogP contribution in [0.4, 0.5) is 10.1 Å². The smallest absolute Gasteiger partial charge is 0.258 e. The van der Waals surface area contributed by atoms with E-state index in [0.717, 1.165) is 12.8 Å². The monoisotopic (exact) mass is 224 g/mol. The zero-order valence-corrected chi connectivity index (χ0v) is 8.70. The van der Waals surface area contributed by atoms with E-state index in [-0.39, 0.29) is 18.2 Å². The van der Waals surface area contributed by atoms with E-state index >= 15 is 0 Å². The molecule has 3 N–H and O–H groups in total. The molecule has 0 aromatic heterocycles. The third kappa shape index (κ3) is 2.85. The number of anilines is 1. The number of hydrogen-bond acceptors (Lipinski definition) is 3. The molecule has 5 heteroatoms. The van der Waals surface area contributed by atoms with E-state index in [1.807, 2.05) is 0 Å². The Labute approximate surface area is 92.6 Å². The Balaban J connectivity index is 1.83. The van der Waals surface area contributed by atoms with Gasteiger partial charge >= 0.3 is 0 Å². The summed E-state index contributed by atoms with van der Waals surface area (Å²) in [4.78, 5) is 11.3. The van der Waals surface area contributed by atoms with Crippen molar-refractivity contribution in [3.63, 3.8) is 0 Å². The first-order valence-electron chi connectivity index (χ1n) is 5.12. The lowest BCUT2D eigenvalue weighted by atomic mass is 10.3. The largest absolute Gasteiger partial charge is 0.484 e. The highest BCUT2D eigenvalue weighted by Crippen LogP contribution is 2.19. The summed E-state index contributed by atoms with van der Waals surface area (Å²) in [5, 5.41) is 2.77. The topological polar surface area (TPSA) is 64.3 Å². The van der Waals surface area contributed by atoms with E-state index in [1.165, 1.54) is 18.2 Å². The number of ether oxygens (including phenoxy) is 1. The second-order valence-electron chi connectivity index (χ2n) is 3.81. The summed E-state index contributed by atoms with van der Waals surface area (Å²) in [5.74, 6) is -0.419. The van der Waals surface area contributed by atoms with Gasteiger partial charge in [0, 0.05) is 12.1 Å². The van der Waals surface area contributed by atoms with E-state index in [2.05, 4.69) is 5.32 Å². The van der Waals surface area contributed by atoms with Crippen LogP contribution in [0.25, 0.3) is 0 Å². The van der Waals surface area contributed by atoms with Crippen LogP contribution in [0.15, 0.2) is 18.2 Å². The summed E-state index contributed by atoms with van der Waals surface area (Å²) in [5.41, 5.74) is 5.37. The second kappa shape index (κ2) is 4.38. The van der Waals surface area contributed by atoms with Gasteiger partial charge in [0.05, 0.1) is 5.69 Å². The van der Waals surface area contributed by atoms with Gasteiger partial charge in [0.2, 0.25) is 0 Å². The van der Waals surface area contributed by atoms with Crippen molar-refractivity contribution >= 4 is 11.6 Å². The summed E-state index contributed by atoms with van der Waals surface area (Å²) in [6.07, 6.45) is 2.06. The van der Waals surface area contributed by atoms with Crippen molar-refractivity contribution in [2.75, 3.05) is 12.3 Å². The second-order valence-corrected chi connectivity index (χ2v) is 3.81. The minimum Gasteiger partial charge on any atom is -0.484 e. The summed E-state index contributed by atoms with van der Waals surface area (Å²) in [6.45, 7) is -0.0974. The molecule has 0 saturated heterocycles. The first-order valence-corrected chi connectivity index (χ1v) is 5.12. The SMILES string of the molecule is Nc1ccc(OCC(=O)NC2CC2)cc1F. The fraction of sp³-hybridized carbons (Fsp3) is 0.364.